The van der Waals surface area contributed by atoms with Crippen molar-refractivity contribution in [3.05, 3.63) is 35.4 Å². The SMILES string of the molecule is CCN(CC(=O)O)C1CC(NC(=O)N[C@H](C)C2CCCc3ccccc32)C1. The van der Waals surface area contributed by atoms with E-state index in [1.807, 2.05) is 11.8 Å². The molecule has 0 bridgehead atoms. The summed E-state index contributed by atoms with van der Waals surface area (Å²) in [5.41, 5.74) is 2.77. The molecule has 6 nitrogen and oxygen atoms in total. The van der Waals surface area contributed by atoms with Crippen molar-refractivity contribution in [3.63, 3.8) is 0 Å². The molecule has 6 heteroatoms. The number of amides is 2. The van der Waals surface area contributed by atoms with Crippen LogP contribution in [0.25, 0.3) is 0 Å². The Balaban J connectivity index is 1.46. The first-order chi connectivity index (χ1) is 13.0. The molecule has 2 atom stereocenters. The van der Waals surface area contributed by atoms with Crippen LogP contribution in [0, 0.1) is 0 Å². The van der Waals surface area contributed by atoms with Gasteiger partial charge in [0.1, 0.15) is 0 Å². The second kappa shape index (κ2) is 8.74. The molecule has 2 aliphatic carbocycles. The summed E-state index contributed by atoms with van der Waals surface area (Å²) in [6.45, 7) is 4.84. The number of fused-ring (bicyclic) bond motifs is 1. The van der Waals surface area contributed by atoms with Crippen LogP contribution in [0.2, 0.25) is 0 Å². The fourth-order valence-corrected chi connectivity index (χ4v) is 4.52. The van der Waals surface area contributed by atoms with E-state index in [2.05, 4.69) is 41.8 Å². The number of nitrogens with zero attached hydrogens (tertiary/aromatic N) is 1. The summed E-state index contributed by atoms with van der Waals surface area (Å²) >= 11 is 0. The zero-order valence-corrected chi connectivity index (χ0v) is 16.3. The van der Waals surface area contributed by atoms with E-state index in [1.54, 1.807) is 0 Å². The first kappa shape index (κ1) is 19.7. The van der Waals surface area contributed by atoms with Crippen molar-refractivity contribution in [2.75, 3.05) is 13.1 Å². The molecular formula is C21H31N3O3. The Kier molecular flexibility index (Phi) is 6.37. The summed E-state index contributed by atoms with van der Waals surface area (Å²) in [6, 6.07) is 8.89. The number of carbonyl (C=O) groups is 2. The summed E-state index contributed by atoms with van der Waals surface area (Å²) in [4.78, 5) is 25.3. The molecule has 1 fully saturated rings. The van der Waals surface area contributed by atoms with Crippen LogP contribution in [-0.2, 0) is 11.2 Å². The highest BCUT2D eigenvalue weighted by Gasteiger charge is 2.35. The number of carboxylic acids is 1. The summed E-state index contributed by atoms with van der Waals surface area (Å²) in [7, 11) is 0. The summed E-state index contributed by atoms with van der Waals surface area (Å²) in [6.07, 6.45) is 5.02. The number of aryl methyl sites for hydroxylation is 1. The van der Waals surface area contributed by atoms with Gasteiger partial charge in [-0.3, -0.25) is 9.69 Å². The summed E-state index contributed by atoms with van der Waals surface area (Å²) in [5.74, 6) is -0.437. The first-order valence-electron chi connectivity index (χ1n) is 10.1. The predicted octanol–water partition coefficient (Wildman–Crippen LogP) is 2.73. The van der Waals surface area contributed by atoms with Crippen molar-refractivity contribution in [1.82, 2.24) is 15.5 Å². The van der Waals surface area contributed by atoms with Crippen LogP contribution < -0.4 is 10.6 Å². The van der Waals surface area contributed by atoms with E-state index in [0.29, 0.717) is 12.5 Å². The lowest BCUT2D eigenvalue weighted by Crippen LogP contribution is -2.57. The zero-order chi connectivity index (χ0) is 19.4. The van der Waals surface area contributed by atoms with Gasteiger partial charge >= 0.3 is 12.0 Å². The molecule has 2 amide bonds. The standard InChI is InChI=1S/C21H31N3O3/c1-3-24(13-20(25)26)17-11-16(12-17)23-21(27)22-14(2)18-10-6-8-15-7-4-5-9-19(15)18/h4-5,7,9,14,16-18H,3,6,8,10-13H2,1-2H3,(H,25,26)(H2,22,23,27)/t14-,16?,17?,18?/m1/s1. The summed E-state index contributed by atoms with van der Waals surface area (Å²) in [5, 5.41) is 15.1. The fourth-order valence-electron chi connectivity index (χ4n) is 4.52. The molecule has 1 aromatic carbocycles. The molecule has 3 rings (SSSR count). The van der Waals surface area contributed by atoms with E-state index in [9.17, 15) is 9.59 Å². The summed E-state index contributed by atoms with van der Waals surface area (Å²) < 4.78 is 0. The van der Waals surface area contributed by atoms with Gasteiger partial charge in [-0.1, -0.05) is 31.2 Å². The van der Waals surface area contributed by atoms with Crippen molar-refractivity contribution in [1.29, 1.82) is 0 Å². The number of rotatable bonds is 7. The molecule has 0 saturated heterocycles. The van der Waals surface area contributed by atoms with Gasteiger partial charge in [0.25, 0.3) is 0 Å². The maximum atomic E-state index is 12.4. The minimum Gasteiger partial charge on any atom is -0.480 e. The minimum absolute atomic E-state index is 0.0677. The van der Waals surface area contributed by atoms with Gasteiger partial charge in [0, 0.05) is 24.0 Å². The molecule has 1 saturated carbocycles. The Morgan fingerprint density at radius 2 is 2.04 bits per heavy atom. The van der Waals surface area contributed by atoms with Gasteiger partial charge in [-0.2, -0.15) is 0 Å². The zero-order valence-electron chi connectivity index (χ0n) is 16.3. The van der Waals surface area contributed by atoms with Crippen molar-refractivity contribution >= 4 is 12.0 Å². The highest BCUT2D eigenvalue weighted by Crippen LogP contribution is 2.33. The van der Waals surface area contributed by atoms with Crippen LogP contribution >= 0.6 is 0 Å². The van der Waals surface area contributed by atoms with E-state index >= 15 is 0 Å². The molecule has 1 aromatic rings. The Morgan fingerprint density at radius 1 is 1.30 bits per heavy atom. The van der Waals surface area contributed by atoms with Crippen molar-refractivity contribution in [2.45, 2.75) is 70.0 Å². The van der Waals surface area contributed by atoms with Crippen LogP contribution in [0.1, 0.15) is 56.6 Å². The molecule has 2 aliphatic rings. The molecule has 0 aromatic heterocycles. The first-order valence-corrected chi connectivity index (χ1v) is 10.1. The number of carboxylic acid groups (broad SMARTS) is 1. The largest absolute Gasteiger partial charge is 0.480 e. The van der Waals surface area contributed by atoms with Crippen LogP contribution in [0.5, 0.6) is 0 Å². The minimum atomic E-state index is -0.799. The van der Waals surface area contributed by atoms with E-state index in [0.717, 1.165) is 32.1 Å². The van der Waals surface area contributed by atoms with Gasteiger partial charge < -0.3 is 15.7 Å². The van der Waals surface area contributed by atoms with Gasteiger partial charge in [-0.25, -0.2) is 4.79 Å². The number of aliphatic carboxylic acids is 1. The maximum Gasteiger partial charge on any atom is 0.317 e. The number of carbonyl (C=O) groups excluding carboxylic acids is 1. The predicted molar refractivity (Wildman–Crippen MR) is 105 cm³/mol. The molecule has 3 N–H and O–H groups in total. The average molecular weight is 373 g/mol. The van der Waals surface area contributed by atoms with Crippen molar-refractivity contribution in [3.8, 4) is 0 Å². The lowest BCUT2D eigenvalue weighted by molar-refractivity contribution is -0.139. The Labute approximate surface area is 161 Å². The monoisotopic (exact) mass is 373 g/mol. The van der Waals surface area contributed by atoms with Crippen LogP contribution in [0.4, 0.5) is 4.79 Å². The number of nitrogens with one attached hydrogen (secondary N) is 2. The molecule has 148 valence electrons. The second-order valence-electron chi connectivity index (χ2n) is 7.88. The number of hydrogen-bond donors (Lipinski definition) is 3. The fraction of sp³-hybridized carbons (Fsp3) is 0.619. The molecule has 0 spiro atoms. The van der Waals surface area contributed by atoms with Crippen LogP contribution in [0.3, 0.4) is 0 Å². The number of benzene rings is 1. The highest BCUT2D eigenvalue weighted by atomic mass is 16.4. The smallest absolute Gasteiger partial charge is 0.317 e. The molecule has 1 unspecified atom stereocenters. The Hall–Kier alpha value is -2.08. The van der Waals surface area contributed by atoms with E-state index < -0.39 is 5.97 Å². The lowest BCUT2D eigenvalue weighted by atomic mass is 9.79. The van der Waals surface area contributed by atoms with Gasteiger partial charge in [0.05, 0.1) is 6.54 Å². The van der Waals surface area contributed by atoms with E-state index in [-0.39, 0.29) is 30.7 Å². The third kappa shape index (κ3) is 4.80. The Morgan fingerprint density at radius 3 is 2.74 bits per heavy atom. The van der Waals surface area contributed by atoms with Gasteiger partial charge in [-0.15, -0.1) is 0 Å². The van der Waals surface area contributed by atoms with Gasteiger partial charge in [-0.05, 0) is 56.7 Å². The average Bonchev–Trinajstić information content (AvgIpc) is 2.62. The van der Waals surface area contributed by atoms with Crippen molar-refractivity contribution in [2.24, 2.45) is 0 Å². The van der Waals surface area contributed by atoms with Gasteiger partial charge in [0.2, 0.25) is 0 Å². The van der Waals surface area contributed by atoms with Crippen LogP contribution in [-0.4, -0.2) is 53.2 Å². The third-order valence-electron chi connectivity index (χ3n) is 6.09. The lowest BCUT2D eigenvalue weighted by Gasteiger charge is -2.42. The molecule has 0 aliphatic heterocycles. The quantitative estimate of drug-likeness (QED) is 0.686. The normalized spacial score (nSPS) is 25.2. The third-order valence-corrected chi connectivity index (χ3v) is 6.09. The van der Waals surface area contributed by atoms with Crippen molar-refractivity contribution < 1.29 is 14.7 Å². The number of hydrogen-bond acceptors (Lipinski definition) is 3. The van der Waals surface area contributed by atoms with E-state index in [1.165, 1.54) is 11.1 Å². The molecule has 0 radical (unpaired) electrons. The number of urea groups is 1. The molecule has 27 heavy (non-hydrogen) atoms. The van der Waals surface area contributed by atoms with Gasteiger partial charge in [0.15, 0.2) is 0 Å². The molecule has 0 heterocycles. The number of likely N-dealkylation sites (N-methyl/N-ethyl adjacent to an activating group) is 1. The topological polar surface area (TPSA) is 81.7 Å². The molecular weight excluding hydrogens is 342 g/mol. The highest BCUT2D eigenvalue weighted by molar-refractivity contribution is 5.75. The maximum absolute atomic E-state index is 12.4. The Bertz CT molecular complexity index is 672. The second-order valence-corrected chi connectivity index (χ2v) is 7.88. The van der Waals surface area contributed by atoms with Crippen LogP contribution in [0.15, 0.2) is 24.3 Å². The van der Waals surface area contributed by atoms with E-state index in [4.69, 9.17) is 5.11 Å².